The summed E-state index contributed by atoms with van der Waals surface area (Å²) in [7, 11) is 0. The van der Waals surface area contributed by atoms with Crippen LogP contribution in [-0.2, 0) is 19.2 Å². The second kappa shape index (κ2) is 29.0. The van der Waals surface area contributed by atoms with Crippen molar-refractivity contribution >= 4 is 23.4 Å². The van der Waals surface area contributed by atoms with Crippen molar-refractivity contribution in [3.05, 3.63) is 24.3 Å². The number of carbonyl (C=O) groups excluding carboxylic acids is 4. The summed E-state index contributed by atoms with van der Waals surface area (Å²) in [6, 6.07) is 1.02. The van der Waals surface area contributed by atoms with E-state index in [4.69, 9.17) is 0 Å². The number of hydrogen-bond acceptors (Lipinski definition) is 4. The Bertz CT molecular complexity index is 1180. The van der Waals surface area contributed by atoms with Crippen molar-refractivity contribution in [2.24, 2.45) is 35.5 Å². The fraction of sp³-hybridized carbons (Fsp3) is 0.840. The molecule has 6 nitrogen and oxygen atoms in total. The van der Waals surface area contributed by atoms with Gasteiger partial charge in [-0.1, -0.05) is 154 Å². The Kier molecular flexibility index (Phi) is 25.0. The lowest BCUT2D eigenvalue weighted by molar-refractivity contribution is -0.136. The zero-order valence-electron chi connectivity index (χ0n) is 36.8. The number of rotatable bonds is 4. The zero-order valence-corrected chi connectivity index (χ0v) is 36.8. The van der Waals surface area contributed by atoms with Crippen LogP contribution in [0.2, 0.25) is 0 Å². The highest BCUT2D eigenvalue weighted by molar-refractivity contribution is 5.86. The first kappa shape index (κ1) is 48.1. The summed E-state index contributed by atoms with van der Waals surface area (Å²) < 4.78 is 0. The summed E-state index contributed by atoms with van der Waals surface area (Å²) in [4.78, 5) is 45.6. The Morgan fingerprint density at radius 2 is 0.804 bits per heavy atom. The average Bonchev–Trinajstić information content (AvgIpc) is 3.14. The van der Waals surface area contributed by atoms with E-state index in [9.17, 15) is 19.2 Å². The van der Waals surface area contributed by atoms with Crippen LogP contribution >= 0.6 is 0 Å². The van der Waals surface area contributed by atoms with E-state index in [-0.39, 0.29) is 5.91 Å². The van der Waals surface area contributed by atoms with E-state index in [1.807, 2.05) is 0 Å². The number of Topliss-reactive ketones (excluding diaryl/α,β-unsaturated/α-hetero) is 2. The minimum atomic E-state index is 0.269. The quantitative estimate of drug-likeness (QED) is 0.220. The van der Waals surface area contributed by atoms with E-state index in [1.165, 1.54) is 128 Å². The molecule has 2 saturated carbocycles. The molecule has 0 spiro atoms. The number of carbonyl (C=O) groups is 4. The number of amides is 2. The SMILES string of the molecule is CC[C@@H]1CC/C=C\CCC1C(C)=O.CC[C@@H]1CCCCCCCCCC[C@@H]1C(C)=O.O=C1N[C@@H]2CC/C=C\CCC12.O=C1N[C@@H]2CCCCCCCCCC[C@H]12. The first-order valence-electron chi connectivity index (χ1n) is 24.2. The molecule has 2 unspecified atom stereocenters. The standard InChI is InChI=1S/C16H30O.C13H23NO.C12H20O.C9H13NO/c1-3-15-12-10-8-6-4-5-7-9-11-13-16(15)14(2)17;15-13-11-9-7-5-3-1-2-4-6-8-10-12(11)14-13;1-3-11-8-6-4-5-7-9-12(11)10(2)13;11-9-7-5-3-1-2-4-6-8(7)10-9/h15-16H,3-13H2,1-2H3;11-12H,1-10H2,(H,14,15);4-5,11-12H,3,6-9H2,1-2H3;1-2,7-8H,3-6H2,(H,10,11)/b;;5-4-;2-1-/t15-,16-;11-,12+;11-,12?;7?,8-/m1011/s1. The van der Waals surface area contributed by atoms with Crippen LogP contribution in [0.3, 0.4) is 0 Å². The molecule has 6 aliphatic rings. The first-order valence-corrected chi connectivity index (χ1v) is 24.2. The van der Waals surface area contributed by atoms with E-state index in [1.54, 1.807) is 13.8 Å². The second-order valence-electron chi connectivity index (χ2n) is 18.3. The Balaban J connectivity index is 0.000000202. The predicted octanol–water partition coefficient (Wildman–Crippen LogP) is 12.7. The lowest BCUT2D eigenvalue weighted by Gasteiger charge is -2.37. The molecule has 2 aliphatic heterocycles. The van der Waals surface area contributed by atoms with Crippen LogP contribution < -0.4 is 10.6 Å². The zero-order chi connectivity index (χ0) is 40.4. The topological polar surface area (TPSA) is 92.3 Å². The third-order valence-electron chi connectivity index (χ3n) is 14.1. The van der Waals surface area contributed by atoms with E-state index in [2.05, 4.69) is 48.8 Å². The number of hydrogen-bond donors (Lipinski definition) is 2. The monoisotopic (exact) mass is 779 g/mol. The highest BCUT2D eigenvalue weighted by Crippen LogP contribution is 2.31. The van der Waals surface area contributed by atoms with Gasteiger partial charge in [-0.3, -0.25) is 19.2 Å². The molecule has 4 fully saturated rings. The molecule has 6 heteroatoms. The minimum Gasteiger partial charge on any atom is -0.352 e. The van der Waals surface area contributed by atoms with Crippen molar-refractivity contribution in [2.45, 2.75) is 232 Å². The van der Waals surface area contributed by atoms with Crippen LogP contribution in [0.5, 0.6) is 0 Å². The van der Waals surface area contributed by atoms with Crippen LogP contribution in [0.4, 0.5) is 0 Å². The van der Waals surface area contributed by atoms with Gasteiger partial charge in [-0.15, -0.1) is 0 Å². The fourth-order valence-electron chi connectivity index (χ4n) is 10.3. The molecule has 2 amide bonds. The van der Waals surface area contributed by atoms with E-state index >= 15 is 0 Å². The molecule has 2 N–H and O–H groups in total. The van der Waals surface area contributed by atoms with Gasteiger partial charge in [-0.25, -0.2) is 0 Å². The lowest BCUT2D eigenvalue weighted by atomic mass is 9.80. The smallest absolute Gasteiger partial charge is 0.225 e. The third-order valence-corrected chi connectivity index (χ3v) is 14.1. The maximum atomic E-state index is 11.8. The summed E-state index contributed by atoms with van der Waals surface area (Å²) in [6.45, 7) is 8.01. The van der Waals surface area contributed by atoms with E-state index in [0.717, 1.165) is 64.2 Å². The summed E-state index contributed by atoms with van der Waals surface area (Å²) in [5.74, 6) is 4.09. The van der Waals surface area contributed by atoms with Gasteiger partial charge in [0.05, 0.1) is 11.8 Å². The molecule has 6 rings (SSSR count). The van der Waals surface area contributed by atoms with Crippen molar-refractivity contribution < 1.29 is 19.2 Å². The molecule has 0 bridgehead atoms. The molecule has 8 atom stereocenters. The fourth-order valence-corrected chi connectivity index (χ4v) is 10.3. The largest absolute Gasteiger partial charge is 0.352 e. The Morgan fingerprint density at radius 3 is 1.30 bits per heavy atom. The van der Waals surface area contributed by atoms with Crippen molar-refractivity contribution in [3.63, 3.8) is 0 Å². The number of nitrogens with one attached hydrogen (secondary N) is 2. The second-order valence-corrected chi connectivity index (χ2v) is 18.3. The van der Waals surface area contributed by atoms with Gasteiger partial charge < -0.3 is 10.6 Å². The predicted molar refractivity (Wildman–Crippen MR) is 234 cm³/mol. The van der Waals surface area contributed by atoms with Gasteiger partial charge in [0, 0.05) is 23.9 Å². The molecule has 320 valence electrons. The molecule has 2 saturated heterocycles. The third kappa shape index (κ3) is 18.1. The lowest BCUT2D eigenvalue weighted by Crippen LogP contribution is -2.57. The summed E-state index contributed by atoms with van der Waals surface area (Å²) in [5, 5.41) is 6.00. The van der Waals surface area contributed by atoms with Gasteiger partial charge in [-0.2, -0.15) is 0 Å². The number of fused-ring (bicyclic) bond motifs is 2. The highest BCUT2D eigenvalue weighted by atomic mass is 16.2. The Morgan fingerprint density at radius 1 is 0.446 bits per heavy atom. The summed E-state index contributed by atoms with van der Waals surface area (Å²) >= 11 is 0. The number of allylic oxidation sites excluding steroid dienone is 4. The van der Waals surface area contributed by atoms with Crippen molar-refractivity contribution in [1.82, 2.24) is 10.6 Å². The van der Waals surface area contributed by atoms with Crippen molar-refractivity contribution in [1.29, 1.82) is 0 Å². The molecular weight excluding hydrogens is 693 g/mol. The molecule has 4 aliphatic carbocycles. The van der Waals surface area contributed by atoms with Crippen molar-refractivity contribution in [2.75, 3.05) is 0 Å². The molecular formula is C50H86N2O4. The normalized spacial score (nSPS) is 33.0. The molecule has 0 aromatic heterocycles. The van der Waals surface area contributed by atoms with E-state index in [0.29, 0.717) is 65.1 Å². The van der Waals surface area contributed by atoms with Gasteiger partial charge in [0.2, 0.25) is 11.8 Å². The van der Waals surface area contributed by atoms with Gasteiger partial charge in [0.15, 0.2) is 0 Å². The summed E-state index contributed by atoms with van der Waals surface area (Å²) in [5.41, 5.74) is 0. The van der Waals surface area contributed by atoms with Gasteiger partial charge in [0.1, 0.15) is 11.6 Å². The summed E-state index contributed by atoms with van der Waals surface area (Å²) in [6.07, 6.45) is 46.7. The Labute approximate surface area is 344 Å². The van der Waals surface area contributed by atoms with Gasteiger partial charge >= 0.3 is 0 Å². The van der Waals surface area contributed by atoms with Gasteiger partial charge in [0.25, 0.3) is 0 Å². The average molecular weight is 779 g/mol. The molecule has 56 heavy (non-hydrogen) atoms. The highest BCUT2D eigenvalue weighted by Gasteiger charge is 2.38. The molecule has 0 radical (unpaired) electrons. The number of ketones is 2. The van der Waals surface area contributed by atoms with Crippen LogP contribution in [0.1, 0.15) is 220 Å². The minimum absolute atomic E-state index is 0.269. The molecule has 0 aromatic rings. The maximum absolute atomic E-state index is 11.8. The van der Waals surface area contributed by atoms with Crippen LogP contribution in [0.15, 0.2) is 24.3 Å². The molecule has 0 aromatic carbocycles. The van der Waals surface area contributed by atoms with Crippen LogP contribution in [-0.4, -0.2) is 35.5 Å². The maximum Gasteiger partial charge on any atom is 0.225 e. The molecule has 2 heterocycles. The van der Waals surface area contributed by atoms with Crippen LogP contribution in [0, 0.1) is 35.5 Å². The Hall–Kier alpha value is -2.24. The van der Waals surface area contributed by atoms with Gasteiger partial charge in [-0.05, 0) is 103 Å². The van der Waals surface area contributed by atoms with E-state index < -0.39 is 0 Å². The van der Waals surface area contributed by atoms with Crippen LogP contribution in [0.25, 0.3) is 0 Å². The van der Waals surface area contributed by atoms with Crippen molar-refractivity contribution in [3.8, 4) is 0 Å². The first-order chi connectivity index (χ1) is 27.3. The number of β-lactam (4-membered cyclic amide) rings is 2.